The number of aliphatic hydroxyl groups is 1. The van der Waals surface area contributed by atoms with Crippen molar-refractivity contribution in [2.75, 3.05) is 0 Å². The molecule has 0 unspecified atom stereocenters. The Morgan fingerprint density at radius 3 is 2.61 bits per heavy atom. The number of hydrogen-bond acceptors (Lipinski definition) is 3. The van der Waals surface area contributed by atoms with E-state index in [1.165, 1.54) is 5.57 Å². The average Bonchev–Trinajstić information content (AvgIpc) is 2.74. The average molecular weight is 322 g/mol. The third kappa shape index (κ3) is 2.37. The molecule has 0 aromatic heterocycles. The summed E-state index contributed by atoms with van der Waals surface area (Å²) >= 11 is 0. The maximum absolute atomic E-state index is 11.2. The molecule has 1 spiro atoms. The van der Waals surface area contributed by atoms with Crippen molar-refractivity contribution >= 4 is 5.97 Å². The van der Waals surface area contributed by atoms with Gasteiger partial charge in [0.2, 0.25) is 0 Å². The lowest BCUT2D eigenvalue weighted by Gasteiger charge is -2.60. The van der Waals surface area contributed by atoms with Crippen LogP contribution in [0.1, 0.15) is 72.6 Å². The Bertz CT molecular complexity index is 552. The van der Waals surface area contributed by atoms with E-state index >= 15 is 0 Å². The molecule has 1 aliphatic heterocycles. The summed E-state index contributed by atoms with van der Waals surface area (Å²) in [6, 6.07) is 0. The Balaban J connectivity index is 2.02. The number of carboxylic acids is 1. The summed E-state index contributed by atoms with van der Waals surface area (Å²) in [7, 11) is 0. The van der Waals surface area contributed by atoms with Crippen molar-refractivity contribution in [3.05, 3.63) is 11.6 Å². The van der Waals surface area contributed by atoms with E-state index in [1.807, 2.05) is 13.8 Å². The first-order valence-electron chi connectivity index (χ1n) is 8.86. The lowest BCUT2D eigenvalue weighted by atomic mass is 9.49. The minimum absolute atomic E-state index is 0.0408. The molecule has 5 atom stereocenters. The maximum atomic E-state index is 11.2. The van der Waals surface area contributed by atoms with E-state index in [1.54, 1.807) is 0 Å². The molecule has 2 fully saturated rings. The molecule has 23 heavy (non-hydrogen) atoms. The number of fused-ring (bicyclic) bond motifs is 2. The number of carboxylic acid groups (broad SMARTS) is 1. The van der Waals surface area contributed by atoms with E-state index in [-0.39, 0.29) is 17.8 Å². The van der Waals surface area contributed by atoms with E-state index in [0.717, 1.165) is 38.5 Å². The van der Waals surface area contributed by atoms with Crippen molar-refractivity contribution < 1.29 is 19.7 Å². The van der Waals surface area contributed by atoms with Crippen molar-refractivity contribution in [1.29, 1.82) is 0 Å². The van der Waals surface area contributed by atoms with Crippen LogP contribution in [0, 0.1) is 11.3 Å². The zero-order valence-corrected chi connectivity index (χ0v) is 14.8. The first-order valence-corrected chi connectivity index (χ1v) is 8.86. The van der Waals surface area contributed by atoms with Gasteiger partial charge >= 0.3 is 5.97 Å². The third-order valence-corrected chi connectivity index (χ3v) is 7.07. The van der Waals surface area contributed by atoms with Gasteiger partial charge in [-0.2, -0.15) is 0 Å². The Morgan fingerprint density at radius 2 is 1.96 bits per heavy atom. The second kappa shape index (κ2) is 5.06. The fraction of sp³-hybridized carbons (Fsp3) is 0.842. The molecule has 2 aliphatic carbocycles. The summed E-state index contributed by atoms with van der Waals surface area (Å²) < 4.78 is 6.61. The second-order valence-corrected chi connectivity index (χ2v) is 8.75. The molecule has 0 aromatic carbocycles. The quantitative estimate of drug-likeness (QED) is 0.761. The van der Waals surface area contributed by atoms with Gasteiger partial charge in [-0.15, -0.1) is 0 Å². The Kier molecular flexibility index (Phi) is 3.73. The molecule has 0 bridgehead atoms. The monoisotopic (exact) mass is 322 g/mol. The van der Waals surface area contributed by atoms with Crippen molar-refractivity contribution in [3.63, 3.8) is 0 Å². The highest BCUT2D eigenvalue weighted by molar-refractivity contribution is 5.68. The molecule has 1 saturated carbocycles. The van der Waals surface area contributed by atoms with E-state index in [2.05, 4.69) is 19.9 Å². The molecule has 1 saturated heterocycles. The Morgan fingerprint density at radius 1 is 1.26 bits per heavy atom. The molecule has 0 aromatic rings. The van der Waals surface area contributed by atoms with Crippen LogP contribution in [-0.4, -0.2) is 33.0 Å². The zero-order chi connectivity index (χ0) is 17.1. The predicted molar refractivity (Wildman–Crippen MR) is 88.2 cm³/mol. The van der Waals surface area contributed by atoms with Crippen LogP contribution in [-0.2, 0) is 9.53 Å². The van der Waals surface area contributed by atoms with Gasteiger partial charge in [-0.05, 0) is 70.8 Å². The third-order valence-electron chi connectivity index (χ3n) is 7.07. The zero-order valence-electron chi connectivity index (χ0n) is 14.8. The van der Waals surface area contributed by atoms with E-state index < -0.39 is 22.8 Å². The smallest absolute Gasteiger partial charge is 0.306 e. The summed E-state index contributed by atoms with van der Waals surface area (Å²) in [6.07, 6.45) is 7.61. The van der Waals surface area contributed by atoms with Gasteiger partial charge in [-0.25, -0.2) is 0 Å². The van der Waals surface area contributed by atoms with Gasteiger partial charge in [0.15, 0.2) is 0 Å². The molecule has 4 heteroatoms. The number of rotatable bonds is 2. The SMILES string of the molecule is CC1=CC[C@@H]2[C@](C)(CCC[C@@]2(C)O)[C@@]12CC[C@@](C)(CC(=O)O)O2. The van der Waals surface area contributed by atoms with Crippen molar-refractivity contribution in [3.8, 4) is 0 Å². The maximum Gasteiger partial charge on any atom is 0.306 e. The van der Waals surface area contributed by atoms with Crippen LogP contribution >= 0.6 is 0 Å². The molecular formula is C19H30O4. The Hall–Kier alpha value is -0.870. The molecule has 4 nitrogen and oxygen atoms in total. The topological polar surface area (TPSA) is 66.8 Å². The van der Waals surface area contributed by atoms with Crippen LogP contribution in [0.2, 0.25) is 0 Å². The first-order chi connectivity index (χ1) is 10.5. The highest BCUT2D eigenvalue weighted by Gasteiger charge is 2.65. The molecule has 1 heterocycles. The van der Waals surface area contributed by atoms with Gasteiger partial charge in [0.1, 0.15) is 0 Å². The Labute approximate surface area is 138 Å². The van der Waals surface area contributed by atoms with Gasteiger partial charge in [-0.3, -0.25) is 4.79 Å². The largest absolute Gasteiger partial charge is 0.481 e. The molecule has 0 amide bonds. The number of allylic oxidation sites excluding steroid dienone is 1. The summed E-state index contributed by atoms with van der Waals surface area (Å²) in [5.41, 5.74) is -0.626. The van der Waals surface area contributed by atoms with Gasteiger partial charge in [-0.1, -0.05) is 13.0 Å². The van der Waals surface area contributed by atoms with Crippen LogP contribution < -0.4 is 0 Å². The highest BCUT2D eigenvalue weighted by Crippen LogP contribution is 2.64. The summed E-state index contributed by atoms with van der Waals surface area (Å²) in [6.45, 7) is 8.27. The standard InChI is InChI=1S/C19H30O4/c1-13-6-7-14-17(3,8-5-9-18(14,4)22)19(13)11-10-16(2,23-19)12-15(20)21/h6,14,22H,5,7-12H2,1-4H3,(H,20,21)/t14-,16+,17+,18-,19-/m1/s1. The summed E-state index contributed by atoms with van der Waals surface area (Å²) in [4.78, 5) is 11.2. The number of carbonyl (C=O) groups is 1. The van der Waals surface area contributed by atoms with Crippen molar-refractivity contribution in [1.82, 2.24) is 0 Å². The van der Waals surface area contributed by atoms with Gasteiger partial charge in [0, 0.05) is 5.41 Å². The fourth-order valence-corrected chi connectivity index (χ4v) is 5.84. The van der Waals surface area contributed by atoms with Crippen LogP contribution in [0.5, 0.6) is 0 Å². The van der Waals surface area contributed by atoms with E-state index in [4.69, 9.17) is 4.74 Å². The number of aliphatic carboxylic acids is 1. The number of ether oxygens (including phenoxy) is 1. The summed E-state index contributed by atoms with van der Waals surface area (Å²) in [5.74, 6) is -0.640. The van der Waals surface area contributed by atoms with Gasteiger partial charge < -0.3 is 14.9 Å². The highest BCUT2D eigenvalue weighted by atomic mass is 16.5. The van der Waals surface area contributed by atoms with E-state index in [9.17, 15) is 15.0 Å². The predicted octanol–water partition coefficient (Wildman–Crippen LogP) is 3.68. The van der Waals surface area contributed by atoms with E-state index in [0.29, 0.717) is 0 Å². The van der Waals surface area contributed by atoms with Crippen LogP contribution in [0.3, 0.4) is 0 Å². The lowest BCUT2D eigenvalue weighted by molar-refractivity contribution is -0.209. The van der Waals surface area contributed by atoms with Crippen molar-refractivity contribution in [2.45, 2.75) is 89.4 Å². The van der Waals surface area contributed by atoms with Crippen molar-refractivity contribution in [2.24, 2.45) is 11.3 Å². The lowest BCUT2D eigenvalue weighted by Crippen LogP contribution is -2.61. The molecular weight excluding hydrogens is 292 g/mol. The molecule has 130 valence electrons. The minimum Gasteiger partial charge on any atom is -0.481 e. The first kappa shape index (κ1) is 17.0. The molecule has 3 rings (SSSR count). The molecule has 3 aliphatic rings. The van der Waals surface area contributed by atoms with Crippen LogP contribution in [0.25, 0.3) is 0 Å². The fourth-order valence-electron chi connectivity index (χ4n) is 5.84. The minimum atomic E-state index is -0.806. The number of hydrogen-bond donors (Lipinski definition) is 2. The molecule has 0 radical (unpaired) electrons. The molecule has 2 N–H and O–H groups in total. The normalized spacial score (nSPS) is 49.8. The summed E-state index contributed by atoms with van der Waals surface area (Å²) in [5, 5.41) is 20.2. The van der Waals surface area contributed by atoms with Gasteiger partial charge in [0.05, 0.1) is 23.2 Å². The van der Waals surface area contributed by atoms with Gasteiger partial charge in [0.25, 0.3) is 0 Å². The van der Waals surface area contributed by atoms with Crippen LogP contribution in [0.15, 0.2) is 11.6 Å². The second-order valence-electron chi connectivity index (χ2n) is 8.75. The van der Waals surface area contributed by atoms with Crippen LogP contribution in [0.4, 0.5) is 0 Å².